The van der Waals surface area contributed by atoms with Gasteiger partial charge in [-0.25, -0.2) is 0 Å². The number of methoxy groups -OCH3 is 1. The summed E-state index contributed by atoms with van der Waals surface area (Å²) in [6.07, 6.45) is -3.35. The Hall–Kier alpha value is -1.63. The van der Waals surface area contributed by atoms with E-state index in [0.717, 1.165) is 12.1 Å². The maximum Gasteiger partial charge on any atom is 0.416 e. The van der Waals surface area contributed by atoms with Crippen molar-refractivity contribution >= 4 is 0 Å². The zero-order chi connectivity index (χ0) is 12.9. The van der Waals surface area contributed by atoms with Crippen LogP contribution in [-0.2, 0) is 12.6 Å². The SMILES string of the molecule is CC#CCCc1cc(C(F)(F)F)ccc1OC. The smallest absolute Gasteiger partial charge is 0.416 e. The first kappa shape index (κ1) is 13.4. The molecule has 4 heteroatoms. The summed E-state index contributed by atoms with van der Waals surface area (Å²) in [5.41, 5.74) is -0.122. The predicted octanol–water partition coefficient (Wildman–Crippen LogP) is 3.67. The fourth-order valence-electron chi connectivity index (χ4n) is 1.47. The van der Waals surface area contributed by atoms with E-state index in [2.05, 4.69) is 11.8 Å². The van der Waals surface area contributed by atoms with E-state index in [1.54, 1.807) is 6.92 Å². The highest BCUT2D eigenvalue weighted by Crippen LogP contribution is 2.32. The summed E-state index contributed by atoms with van der Waals surface area (Å²) in [5.74, 6) is 6.00. The summed E-state index contributed by atoms with van der Waals surface area (Å²) in [5, 5.41) is 0. The minimum absolute atomic E-state index is 0.452. The van der Waals surface area contributed by atoms with Crippen molar-refractivity contribution in [1.82, 2.24) is 0 Å². The van der Waals surface area contributed by atoms with Gasteiger partial charge in [-0.3, -0.25) is 0 Å². The maximum atomic E-state index is 12.5. The Labute approximate surface area is 98.6 Å². The van der Waals surface area contributed by atoms with Gasteiger partial charge in [0.15, 0.2) is 0 Å². The molecule has 0 bridgehead atoms. The molecule has 0 aromatic heterocycles. The normalized spacial score (nSPS) is 10.6. The van der Waals surface area contributed by atoms with Gasteiger partial charge in [0.25, 0.3) is 0 Å². The molecule has 1 aromatic rings. The van der Waals surface area contributed by atoms with Gasteiger partial charge >= 0.3 is 6.18 Å². The second kappa shape index (κ2) is 5.62. The highest BCUT2D eigenvalue weighted by molar-refractivity contribution is 5.38. The van der Waals surface area contributed by atoms with Crippen LogP contribution in [0.25, 0.3) is 0 Å². The molecule has 92 valence electrons. The number of alkyl halides is 3. The van der Waals surface area contributed by atoms with Crippen LogP contribution in [0.15, 0.2) is 18.2 Å². The van der Waals surface area contributed by atoms with Crippen LogP contribution in [0.3, 0.4) is 0 Å². The number of aryl methyl sites for hydroxylation is 1. The molecule has 0 saturated heterocycles. The molecule has 0 radical (unpaired) electrons. The number of halogens is 3. The minimum atomic E-state index is -4.32. The average Bonchev–Trinajstić information content (AvgIpc) is 2.28. The number of rotatable bonds is 3. The van der Waals surface area contributed by atoms with Gasteiger partial charge < -0.3 is 4.74 Å². The Kier molecular flexibility index (Phi) is 4.45. The van der Waals surface area contributed by atoms with E-state index in [9.17, 15) is 13.2 Å². The summed E-state index contributed by atoms with van der Waals surface area (Å²) in [4.78, 5) is 0. The number of hydrogen-bond acceptors (Lipinski definition) is 1. The van der Waals surface area contributed by atoms with Gasteiger partial charge in [0.2, 0.25) is 0 Å². The Balaban J connectivity index is 3.01. The lowest BCUT2D eigenvalue weighted by molar-refractivity contribution is -0.137. The molecule has 0 unspecified atom stereocenters. The van der Waals surface area contributed by atoms with E-state index in [1.807, 2.05) is 0 Å². The zero-order valence-corrected chi connectivity index (χ0v) is 9.69. The first-order valence-electron chi connectivity index (χ1n) is 5.12. The van der Waals surface area contributed by atoms with E-state index in [1.165, 1.54) is 13.2 Å². The molecule has 0 aliphatic carbocycles. The van der Waals surface area contributed by atoms with Crippen molar-refractivity contribution in [2.45, 2.75) is 25.9 Å². The third-order valence-corrected chi connectivity index (χ3v) is 2.30. The molecule has 1 aromatic carbocycles. The van der Waals surface area contributed by atoms with Crippen LogP contribution in [0.4, 0.5) is 13.2 Å². The summed E-state index contributed by atoms with van der Waals surface area (Å²) in [6, 6.07) is 3.49. The molecule has 0 atom stereocenters. The fourth-order valence-corrected chi connectivity index (χ4v) is 1.47. The van der Waals surface area contributed by atoms with E-state index in [0.29, 0.717) is 24.2 Å². The third kappa shape index (κ3) is 3.70. The van der Waals surface area contributed by atoms with Crippen LogP contribution in [0.2, 0.25) is 0 Å². The number of hydrogen-bond donors (Lipinski definition) is 0. The molecule has 1 nitrogen and oxygen atoms in total. The van der Waals surface area contributed by atoms with E-state index in [-0.39, 0.29) is 0 Å². The average molecular weight is 242 g/mol. The second-order valence-electron chi connectivity index (χ2n) is 3.45. The Morgan fingerprint density at radius 2 is 2.00 bits per heavy atom. The number of ether oxygens (including phenoxy) is 1. The Morgan fingerprint density at radius 1 is 1.29 bits per heavy atom. The molecule has 1 rings (SSSR count). The van der Waals surface area contributed by atoms with Gasteiger partial charge in [0.1, 0.15) is 5.75 Å². The number of benzene rings is 1. The Morgan fingerprint density at radius 3 is 2.53 bits per heavy atom. The van der Waals surface area contributed by atoms with Crippen molar-refractivity contribution in [3.8, 4) is 17.6 Å². The quantitative estimate of drug-likeness (QED) is 0.735. The van der Waals surface area contributed by atoms with E-state index in [4.69, 9.17) is 4.74 Å². The monoisotopic (exact) mass is 242 g/mol. The largest absolute Gasteiger partial charge is 0.496 e. The van der Waals surface area contributed by atoms with Gasteiger partial charge in [-0.05, 0) is 37.1 Å². The standard InChI is InChI=1S/C13H13F3O/c1-3-4-5-6-10-9-11(13(14,15)16)7-8-12(10)17-2/h7-9H,5-6H2,1-2H3. The summed E-state index contributed by atoms with van der Waals surface area (Å²) in [6.45, 7) is 1.70. The molecule has 0 saturated carbocycles. The van der Waals surface area contributed by atoms with Crippen LogP contribution in [0, 0.1) is 11.8 Å². The highest BCUT2D eigenvalue weighted by atomic mass is 19.4. The minimum Gasteiger partial charge on any atom is -0.496 e. The molecular formula is C13H13F3O. The van der Waals surface area contributed by atoms with Crippen LogP contribution in [-0.4, -0.2) is 7.11 Å². The van der Waals surface area contributed by atoms with Gasteiger partial charge in [0, 0.05) is 6.42 Å². The maximum absolute atomic E-state index is 12.5. The molecule has 0 aliphatic rings. The van der Waals surface area contributed by atoms with Gasteiger partial charge in [-0.1, -0.05) is 0 Å². The van der Waals surface area contributed by atoms with Gasteiger partial charge in [-0.15, -0.1) is 11.8 Å². The molecule has 0 aliphatic heterocycles. The summed E-state index contributed by atoms with van der Waals surface area (Å²) < 4.78 is 42.6. The third-order valence-electron chi connectivity index (χ3n) is 2.30. The highest BCUT2D eigenvalue weighted by Gasteiger charge is 2.30. The predicted molar refractivity (Wildman–Crippen MR) is 59.8 cm³/mol. The van der Waals surface area contributed by atoms with Crippen molar-refractivity contribution in [2.75, 3.05) is 7.11 Å². The molecule has 0 amide bonds. The van der Waals surface area contributed by atoms with Gasteiger partial charge in [0.05, 0.1) is 12.7 Å². The van der Waals surface area contributed by atoms with E-state index >= 15 is 0 Å². The molecule has 0 N–H and O–H groups in total. The van der Waals surface area contributed by atoms with Crippen molar-refractivity contribution < 1.29 is 17.9 Å². The fraction of sp³-hybridized carbons (Fsp3) is 0.385. The second-order valence-corrected chi connectivity index (χ2v) is 3.45. The topological polar surface area (TPSA) is 9.23 Å². The first-order chi connectivity index (χ1) is 7.99. The molecule has 0 spiro atoms. The Bertz CT molecular complexity index is 438. The van der Waals surface area contributed by atoms with Crippen molar-refractivity contribution in [3.05, 3.63) is 29.3 Å². The summed E-state index contributed by atoms with van der Waals surface area (Å²) in [7, 11) is 1.44. The molecule has 0 fully saturated rings. The van der Waals surface area contributed by atoms with Crippen LogP contribution >= 0.6 is 0 Å². The first-order valence-corrected chi connectivity index (χ1v) is 5.12. The lowest BCUT2D eigenvalue weighted by Crippen LogP contribution is -2.06. The summed E-state index contributed by atoms with van der Waals surface area (Å²) >= 11 is 0. The molecule has 17 heavy (non-hydrogen) atoms. The van der Waals surface area contributed by atoms with Gasteiger partial charge in [-0.2, -0.15) is 13.2 Å². The van der Waals surface area contributed by atoms with Crippen molar-refractivity contribution in [1.29, 1.82) is 0 Å². The lowest BCUT2D eigenvalue weighted by atomic mass is 10.0. The molecular weight excluding hydrogens is 229 g/mol. The lowest BCUT2D eigenvalue weighted by Gasteiger charge is -2.11. The molecule has 0 heterocycles. The van der Waals surface area contributed by atoms with Crippen molar-refractivity contribution in [3.63, 3.8) is 0 Å². The van der Waals surface area contributed by atoms with Crippen LogP contribution in [0.5, 0.6) is 5.75 Å². The zero-order valence-electron chi connectivity index (χ0n) is 9.69. The van der Waals surface area contributed by atoms with E-state index < -0.39 is 11.7 Å². The van der Waals surface area contributed by atoms with Crippen LogP contribution in [0.1, 0.15) is 24.5 Å². The van der Waals surface area contributed by atoms with Crippen LogP contribution < -0.4 is 4.74 Å². The van der Waals surface area contributed by atoms with Crippen molar-refractivity contribution in [2.24, 2.45) is 0 Å².